The molecule has 1 heterocycles. The summed E-state index contributed by atoms with van der Waals surface area (Å²) in [5.41, 5.74) is 10.6. The Morgan fingerprint density at radius 2 is 2.00 bits per heavy atom. The zero-order valence-corrected chi connectivity index (χ0v) is 12.2. The lowest BCUT2D eigenvalue weighted by atomic mass is 9.94. The maximum atomic E-state index is 5.99. The predicted molar refractivity (Wildman–Crippen MR) is 79.1 cm³/mol. The SMILES string of the molecule is CCCC(C)c1onc(N)c1-c1ccc(C)c(C)c1. The van der Waals surface area contributed by atoms with Crippen molar-refractivity contribution < 1.29 is 4.52 Å². The smallest absolute Gasteiger partial charge is 0.175 e. The second kappa shape index (κ2) is 5.47. The Morgan fingerprint density at radius 1 is 1.26 bits per heavy atom. The fourth-order valence-electron chi connectivity index (χ4n) is 2.40. The van der Waals surface area contributed by atoms with Crippen LogP contribution < -0.4 is 5.73 Å². The molecule has 0 aliphatic rings. The number of aromatic nitrogens is 1. The monoisotopic (exact) mass is 258 g/mol. The number of rotatable bonds is 4. The van der Waals surface area contributed by atoms with E-state index in [1.165, 1.54) is 11.1 Å². The predicted octanol–water partition coefficient (Wildman–Crippen LogP) is 4.44. The van der Waals surface area contributed by atoms with Crippen LogP contribution in [0, 0.1) is 13.8 Å². The van der Waals surface area contributed by atoms with Gasteiger partial charge in [-0.1, -0.05) is 43.6 Å². The topological polar surface area (TPSA) is 52.0 Å². The summed E-state index contributed by atoms with van der Waals surface area (Å²) < 4.78 is 5.46. The third-order valence-corrected chi connectivity index (χ3v) is 3.71. The second-order valence-electron chi connectivity index (χ2n) is 5.30. The van der Waals surface area contributed by atoms with Crippen molar-refractivity contribution in [1.82, 2.24) is 5.16 Å². The van der Waals surface area contributed by atoms with Crippen LogP contribution in [0.3, 0.4) is 0 Å². The zero-order chi connectivity index (χ0) is 14.0. The highest BCUT2D eigenvalue weighted by molar-refractivity contribution is 5.76. The van der Waals surface area contributed by atoms with E-state index in [2.05, 4.69) is 51.1 Å². The number of nitrogens with zero attached hydrogens (tertiary/aromatic N) is 1. The first-order chi connectivity index (χ1) is 9.04. The molecule has 1 atom stereocenters. The number of nitrogen functional groups attached to an aromatic ring is 1. The molecule has 0 radical (unpaired) electrons. The number of aryl methyl sites for hydroxylation is 2. The van der Waals surface area contributed by atoms with Crippen LogP contribution in [0.25, 0.3) is 11.1 Å². The Labute approximate surface area is 114 Å². The van der Waals surface area contributed by atoms with Gasteiger partial charge in [0.15, 0.2) is 5.82 Å². The Kier molecular flexibility index (Phi) is 3.93. The lowest BCUT2D eigenvalue weighted by molar-refractivity contribution is 0.362. The Hall–Kier alpha value is -1.77. The molecule has 3 heteroatoms. The molecule has 1 unspecified atom stereocenters. The van der Waals surface area contributed by atoms with Gasteiger partial charge in [-0.15, -0.1) is 0 Å². The van der Waals surface area contributed by atoms with E-state index in [0.717, 1.165) is 29.7 Å². The quantitative estimate of drug-likeness (QED) is 0.881. The van der Waals surface area contributed by atoms with E-state index >= 15 is 0 Å². The first-order valence-corrected chi connectivity index (χ1v) is 6.87. The van der Waals surface area contributed by atoms with Crippen molar-refractivity contribution >= 4 is 5.82 Å². The highest BCUT2D eigenvalue weighted by Gasteiger charge is 2.20. The molecule has 3 nitrogen and oxygen atoms in total. The summed E-state index contributed by atoms with van der Waals surface area (Å²) in [7, 11) is 0. The lowest BCUT2D eigenvalue weighted by Gasteiger charge is -2.10. The largest absolute Gasteiger partial charge is 0.380 e. The summed E-state index contributed by atoms with van der Waals surface area (Å²) in [5.74, 6) is 1.73. The second-order valence-corrected chi connectivity index (χ2v) is 5.30. The maximum absolute atomic E-state index is 5.99. The Morgan fingerprint density at radius 3 is 2.63 bits per heavy atom. The van der Waals surface area contributed by atoms with E-state index < -0.39 is 0 Å². The van der Waals surface area contributed by atoms with Crippen LogP contribution in [0.2, 0.25) is 0 Å². The van der Waals surface area contributed by atoms with Gasteiger partial charge in [0.2, 0.25) is 0 Å². The molecule has 1 aromatic heterocycles. The Bertz CT molecular complexity index is 572. The highest BCUT2D eigenvalue weighted by Crippen LogP contribution is 2.36. The number of nitrogens with two attached hydrogens (primary N) is 1. The molecule has 0 fully saturated rings. The van der Waals surface area contributed by atoms with Gasteiger partial charge in [0.25, 0.3) is 0 Å². The maximum Gasteiger partial charge on any atom is 0.175 e. The molecule has 0 amide bonds. The van der Waals surface area contributed by atoms with Crippen LogP contribution in [-0.2, 0) is 0 Å². The minimum atomic E-state index is 0.339. The summed E-state index contributed by atoms with van der Waals surface area (Å²) in [5, 5.41) is 3.95. The summed E-state index contributed by atoms with van der Waals surface area (Å²) in [6.07, 6.45) is 2.20. The number of hydrogen-bond acceptors (Lipinski definition) is 3. The van der Waals surface area contributed by atoms with Crippen molar-refractivity contribution in [3.8, 4) is 11.1 Å². The minimum absolute atomic E-state index is 0.339. The van der Waals surface area contributed by atoms with Crippen molar-refractivity contribution in [2.75, 3.05) is 5.73 Å². The molecule has 0 bridgehead atoms. The Balaban J connectivity index is 2.48. The highest BCUT2D eigenvalue weighted by atomic mass is 16.5. The van der Waals surface area contributed by atoms with E-state index in [1.807, 2.05) is 0 Å². The van der Waals surface area contributed by atoms with Gasteiger partial charge in [0, 0.05) is 5.92 Å². The van der Waals surface area contributed by atoms with E-state index in [9.17, 15) is 0 Å². The number of anilines is 1. The molecular weight excluding hydrogens is 236 g/mol. The molecule has 0 saturated carbocycles. The minimum Gasteiger partial charge on any atom is -0.380 e. The molecule has 0 aliphatic carbocycles. The van der Waals surface area contributed by atoms with E-state index in [0.29, 0.717) is 11.7 Å². The van der Waals surface area contributed by atoms with Crippen molar-refractivity contribution in [3.05, 3.63) is 35.1 Å². The van der Waals surface area contributed by atoms with Gasteiger partial charge >= 0.3 is 0 Å². The molecule has 19 heavy (non-hydrogen) atoms. The number of hydrogen-bond donors (Lipinski definition) is 1. The standard InChI is InChI=1S/C16H22N2O/c1-5-6-11(3)15-14(16(17)18-19-15)13-8-7-10(2)12(4)9-13/h7-9,11H,5-6H2,1-4H3,(H2,17,18). The lowest BCUT2D eigenvalue weighted by Crippen LogP contribution is -1.96. The summed E-state index contributed by atoms with van der Waals surface area (Å²) >= 11 is 0. The van der Waals surface area contributed by atoms with Crippen molar-refractivity contribution in [2.24, 2.45) is 0 Å². The van der Waals surface area contributed by atoms with Gasteiger partial charge in [-0.05, 0) is 37.0 Å². The van der Waals surface area contributed by atoms with Gasteiger partial charge in [0.1, 0.15) is 5.76 Å². The van der Waals surface area contributed by atoms with Gasteiger partial charge < -0.3 is 10.3 Å². The first-order valence-electron chi connectivity index (χ1n) is 6.87. The summed E-state index contributed by atoms with van der Waals surface area (Å²) in [4.78, 5) is 0. The van der Waals surface area contributed by atoms with Crippen LogP contribution in [-0.4, -0.2) is 5.16 Å². The van der Waals surface area contributed by atoms with Crippen LogP contribution in [0.4, 0.5) is 5.82 Å². The fraction of sp³-hybridized carbons (Fsp3) is 0.438. The molecule has 0 aliphatic heterocycles. The van der Waals surface area contributed by atoms with Crippen molar-refractivity contribution in [3.63, 3.8) is 0 Å². The van der Waals surface area contributed by atoms with Crippen molar-refractivity contribution in [2.45, 2.75) is 46.5 Å². The normalized spacial score (nSPS) is 12.6. The molecule has 1 aromatic carbocycles. The third kappa shape index (κ3) is 2.65. The molecule has 0 spiro atoms. The van der Waals surface area contributed by atoms with E-state index in [-0.39, 0.29) is 0 Å². The van der Waals surface area contributed by atoms with Crippen LogP contribution in [0.5, 0.6) is 0 Å². The van der Waals surface area contributed by atoms with Gasteiger partial charge in [-0.3, -0.25) is 0 Å². The average Bonchev–Trinajstić information content (AvgIpc) is 2.75. The van der Waals surface area contributed by atoms with E-state index in [4.69, 9.17) is 10.3 Å². The van der Waals surface area contributed by atoms with Crippen LogP contribution in [0.1, 0.15) is 49.5 Å². The van der Waals surface area contributed by atoms with Gasteiger partial charge in [-0.25, -0.2) is 0 Å². The number of benzene rings is 1. The van der Waals surface area contributed by atoms with Crippen LogP contribution in [0.15, 0.2) is 22.7 Å². The average molecular weight is 258 g/mol. The first kappa shape index (κ1) is 13.7. The molecule has 0 saturated heterocycles. The third-order valence-electron chi connectivity index (χ3n) is 3.71. The fourth-order valence-corrected chi connectivity index (χ4v) is 2.40. The van der Waals surface area contributed by atoms with Crippen molar-refractivity contribution in [1.29, 1.82) is 0 Å². The molecule has 2 rings (SSSR count). The zero-order valence-electron chi connectivity index (χ0n) is 12.2. The molecule has 2 aromatic rings. The van der Waals surface area contributed by atoms with Gasteiger partial charge in [0.05, 0.1) is 5.56 Å². The van der Waals surface area contributed by atoms with E-state index in [1.54, 1.807) is 0 Å². The van der Waals surface area contributed by atoms with Gasteiger partial charge in [-0.2, -0.15) is 0 Å². The van der Waals surface area contributed by atoms with Crippen LogP contribution >= 0.6 is 0 Å². The summed E-state index contributed by atoms with van der Waals surface area (Å²) in [6, 6.07) is 6.36. The molecule has 102 valence electrons. The summed E-state index contributed by atoms with van der Waals surface area (Å²) in [6.45, 7) is 8.55. The molecular formula is C16H22N2O. The molecule has 2 N–H and O–H groups in total.